The van der Waals surface area contributed by atoms with Gasteiger partial charge in [-0.15, -0.1) is 0 Å². The Bertz CT molecular complexity index is 371. The third-order valence-corrected chi connectivity index (χ3v) is 1.86. The van der Waals surface area contributed by atoms with Gasteiger partial charge in [0.2, 0.25) is 11.9 Å². The number of aromatic nitrogens is 3. The Hall–Kier alpha value is -1.71. The highest BCUT2D eigenvalue weighted by Crippen LogP contribution is 2.12. The number of nitrogens with two attached hydrogens (primary N) is 1. The topological polar surface area (TPSA) is 138 Å². The Kier molecular flexibility index (Phi) is 5.49. The lowest BCUT2D eigenvalue weighted by atomic mass is 10.3. The third-order valence-electron chi connectivity index (χ3n) is 1.86. The second kappa shape index (κ2) is 6.89. The van der Waals surface area contributed by atoms with Crippen LogP contribution in [-0.4, -0.2) is 50.5 Å². The van der Waals surface area contributed by atoms with Gasteiger partial charge in [-0.1, -0.05) is 0 Å². The zero-order chi connectivity index (χ0) is 13.5. The van der Waals surface area contributed by atoms with Gasteiger partial charge in [0.1, 0.15) is 0 Å². The van der Waals surface area contributed by atoms with Gasteiger partial charge in [0.15, 0.2) is 0 Å². The molecule has 0 fully saturated rings. The lowest BCUT2D eigenvalue weighted by Crippen LogP contribution is -2.29. The Morgan fingerprint density at radius 2 is 1.78 bits per heavy atom. The molecule has 0 aliphatic heterocycles. The van der Waals surface area contributed by atoms with Gasteiger partial charge in [0, 0.05) is 0 Å². The quantitative estimate of drug-likeness (QED) is 0.298. The molecule has 0 spiro atoms. The monoisotopic (exact) mass is 258 g/mol. The standard InChI is InChI=1S/C9H18N6O3/c1-5(2)18-9-13-7(11-6(3-16)4-17)12-8(14-9)15-10/h5-6,16-17H,3-4,10H2,1-2H3,(H2,11,12,13,14,15). The summed E-state index contributed by atoms with van der Waals surface area (Å²) in [7, 11) is 0. The van der Waals surface area contributed by atoms with Crippen LogP contribution in [0.25, 0.3) is 0 Å². The first-order chi connectivity index (χ1) is 8.58. The zero-order valence-corrected chi connectivity index (χ0v) is 10.3. The number of rotatable bonds is 7. The molecule has 1 aromatic heterocycles. The van der Waals surface area contributed by atoms with Crippen molar-refractivity contribution in [3.63, 3.8) is 0 Å². The predicted molar refractivity (Wildman–Crippen MR) is 65.0 cm³/mol. The highest BCUT2D eigenvalue weighted by atomic mass is 16.5. The van der Waals surface area contributed by atoms with E-state index in [0.717, 1.165) is 0 Å². The highest BCUT2D eigenvalue weighted by Gasteiger charge is 2.12. The molecule has 0 aliphatic rings. The van der Waals surface area contributed by atoms with Crippen molar-refractivity contribution in [2.75, 3.05) is 24.0 Å². The number of aliphatic hydroxyl groups excluding tert-OH is 2. The summed E-state index contributed by atoms with van der Waals surface area (Å²) >= 11 is 0. The lowest BCUT2D eigenvalue weighted by molar-refractivity contribution is 0.202. The number of ether oxygens (including phenoxy) is 1. The first-order valence-electron chi connectivity index (χ1n) is 5.46. The van der Waals surface area contributed by atoms with E-state index >= 15 is 0 Å². The second-order valence-corrected chi connectivity index (χ2v) is 3.78. The molecule has 1 aromatic rings. The number of hydrazine groups is 1. The normalized spacial score (nSPS) is 10.8. The first kappa shape index (κ1) is 14.4. The molecule has 1 rings (SSSR count). The van der Waals surface area contributed by atoms with Crippen LogP contribution >= 0.6 is 0 Å². The van der Waals surface area contributed by atoms with Crippen molar-refractivity contribution in [3.05, 3.63) is 0 Å². The van der Waals surface area contributed by atoms with Crippen molar-refractivity contribution >= 4 is 11.9 Å². The van der Waals surface area contributed by atoms with Crippen LogP contribution in [0.3, 0.4) is 0 Å². The molecule has 102 valence electrons. The van der Waals surface area contributed by atoms with Gasteiger partial charge >= 0.3 is 6.01 Å². The molecule has 0 saturated heterocycles. The number of nitrogen functional groups attached to an aromatic ring is 1. The van der Waals surface area contributed by atoms with Crippen molar-refractivity contribution in [3.8, 4) is 6.01 Å². The number of aliphatic hydroxyl groups is 2. The molecule has 0 atom stereocenters. The van der Waals surface area contributed by atoms with Crippen LogP contribution in [0.5, 0.6) is 6.01 Å². The van der Waals surface area contributed by atoms with Gasteiger partial charge in [-0.25, -0.2) is 5.84 Å². The molecule has 0 amide bonds. The summed E-state index contributed by atoms with van der Waals surface area (Å²) < 4.78 is 5.32. The summed E-state index contributed by atoms with van der Waals surface area (Å²) in [5, 5.41) is 20.7. The zero-order valence-electron chi connectivity index (χ0n) is 10.3. The fraction of sp³-hybridized carbons (Fsp3) is 0.667. The van der Waals surface area contributed by atoms with E-state index in [-0.39, 0.29) is 37.2 Å². The molecule has 6 N–H and O–H groups in total. The van der Waals surface area contributed by atoms with Crippen LogP contribution in [0, 0.1) is 0 Å². The van der Waals surface area contributed by atoms with Crippen LogP contribution in [0.4, 0.5) is 11.9 Å². The van der Waals surface area contributed by atoms with Crippen molar-refractivity contribution in [2.45, 2.75) is 26.0 Å². The molecule has 0 unspecified atom stereocenters. The van der Waals surface area contributed by atoms with Gasteiger partial charge < -0.3 is 20.3 Å². The molecule has 1 heterocycles. The number of nitrogens with one attached hydrogen (secondary N) is 2. The van der Waals surface area contributed by atoms with Crippen molar-refractivity contribution in [1.82, 2.24) is 15.0 Å². The molecule has 18 heavy (non-hydrogen) atoms. The van der Waals surface area contributed by atoms with E-state index in [2.05, 4.69) is 25.7 Å². The number of hydrogen-bond acceptors (Lipinski definition) is 9. The maximum Gasteiger partial charge on any atom is 0.323 e. The minimum atomic E-state index is -0.565. The van der Waals surface area contributed by atoms with E-state index in [4.69, 9.17) is 20.8 Å². The van der Waals surface area contributed by atoms with Gasteiger partial charge in [-0.05, 0) is 13.8 Å². The van der Waals surface area contributed by atoms with Crippen LogP contribution in [0.2, 0.25) is 0 Å². The largest absolute Gasteiger partial charge is 0.461 e. The van der Waals surface area contributed by atoms with E-state index in [1.165, 1.54) is 0 Å². The average molecular weight is 258 g/mol. The number of nitrogens with zero attached hydrogens (tertiary/aromatic N) is 3. The van der Waals surface area contributed by atoms with E-state index in [1.807, 2.05) is 13.8 Å². The van der Waals surface area contributed by atoms with Crippen LogP contribution < -0.4 is 21.3 Å². The molecule has 0 aliphatic carbocycles. The average Bonchev–Trinajstić information content (AvgIpc) is 2.34. The molecule has 0 saturated carbocycles. The fourth-order valence-corrected chi connectivity index (χ4v) is 1.08. The molecule has 0 radical (unpaired) electrons. The molecule has 9 nitrogen and oxygen atoms in total. The first-order valence-corrected chi connectivity index (χ1v) is 5.46. The summed E-state index contributed by atoms with van der Waals surface area (Å²) in [6, 6.07) is -0.463. The summed E-state index contributed by atoms with van der Waals surface area (Å²) in [5.74, 6) is 5.51. The van der Waals surface area contributed by atoms with E-state index in [1.54, 1.807) is 0 Å². The maximum absolute atomic E-state index is 8.96. The smallest absolute Gasteiger partial charge is 0.323 e. The fourth-order valence-electron chi connectivity index (χ4n) is 1.08. The van der Waals surface area contributed by atoms with Gasteiger partial charge in [-0.2, -0.15) is 15.0 Å². The minimum Gasteiger partial charge on any atom is -0.461 e. The molecular weight excluding hydrogens is 240 g/mol. The SMILES string of the molecule is CC(C)Oc1nc(NN)nc(NC(CO)CO)n1. The maximum atomic E-state index is 8.96. The summed E-state index contributed by atoms with van der Waals surface area (Å²) in [5.41, 5.74) is 2.28. The molecule has 0 aromatic carbocycles. The van der Waals surface area contributed by atoms with Crippen molar-refractivity contribution in [2.24, 2.45) is 5.84 Å². The Labute approximate surface area is 104 Å². The van der Waals surface area contributed by atoms with Crippen molar-refractivity contribution in [1.29, 1.82) is 0 Å². The Morgan fingerprint density at radius 1 is 1.17 bits per heavy atom. The number of anilines is 2. The van der Waals surface area contributed by atoms with Gasteiger partial charge in [0.05, 0.1) is 25.4 Å². The highest BCUT2D eigenvalue weighted by molar-refractivity contribution is 5.35. The van der Waals surface area contributed by atoms with E-state index in [0.29, 0.717) is 0 Å². The molecular formula is C9H18N6O3. The summed E-state index contributed by atoms with van der Waals surface area (Å²) in [6.45, 7) is 3.15. The summed E-state index contributed by atoms with van der Waals surface area (Å²) in [4.78, 5) is 11.8. The molecule has 9 heteroatoms. The van der Waals surface area contributed by atoms with E-state index < -0.39 is 6.04 Å². The second-order valence-electron chi connectivity index (χ2n) is 3.78. The predicted octanol–water partition coefficient (Wildman–Crippen LogP) is -1.29. The van der Waals surface area contributed by atoms with E-state index in [9.17, 15) is 0 Å². The molecule has 0 bridgehead atoms. The van der Waals surface area contributed by atoms with Crippen molar-refractivity contribution < 1.29 is 14.9 Å². The number of hydrogen-bond donors (Lipinski definition) is 5. The van der Waals surface area contributed by atoms with Crippen LogP contribution in [-0.2, 0) is 0 Å². The van der Waals surface area contributed by atoms with Gasteiger partial charge in [-0.3, -0.25) is 5.43 Å². The summed E-state index contributed by atoms with van der Waals surface area (Å²) in [6.07, 6.45) is -0.0997. The van der Waals surface area contributed by atoms with Gasteiger partial charge in [0.25, 0.3) is 0 Å². The Balaban J connectivity index is 2.89. The van der Waals surface area contributed by atoms with Crippen LogP contribution in [0.1, 0.15) is 13.8 Å². The third kappa shape index (κ3) is 4.28. The lowest BCUT2D eigenvalue weighted by Gasteiger charge is -2.15. The minimum absolute atomic E-state index is 0.0997. The Morgan fingerprint density at radius 3 is 2.28 bits per heavy atom. The van der Waals surface area contributed by atoms with Crippen LogP contribution in [0.15, 0.2) is 0 Å².